The number of rotatable bonds is 3. The molecule has 14 heavy (non-hydrogen) atoms. The average molecular weight is 204 g/mol. The molecular weight excluding hydrogens is 192 g/mol. The average Bonchev–Trinajstić information content (AvgIpc) is 2.45. The second-order valence-electron chi connectivity index (χ2n) is 3.24. The van der Waals surface area contributed by atoms with Crippen LogP contribution < -0.4 is 0 Å². The first kappa shape index (κ1) is 10.9. The van der Waals surface area contributed by atoms with E-state index in [1.807, 2.05) is 0 Å². The largest absolute Gasteiger partial charge is 0.479 e. The Labute approximate surface area is 80.4 Å². The van der Waals surface area contributed by atoms with Gasteiger partial charge in [-0.1, -0.05) is 6.92 Å². The lowest BCUT2D eigenvalue weighted by Crippen LogP contribution is -2.36. The van der Waals surface area contributed by atoms with Gasteiger partial charge in [0.1, 0.15) is 0 Å². The van der Waals surface area contributed by atoms with E-state index >= 15 is 0 Å². The van der Waals surface area contributed by atoms with Crippen LogP contribution in [0.2, 0.25) is 0 Å². The minimum Gasteiger partial charge on any atom is -0.479 e. The fourth-order valence-corrected chi connectivity index (χ4v) is 1.22. The molecule has 1 fully saturated rings. The van der Waals surface area contributed by atoms with Crippen LogP contribution in [-0.2, 0) is 19.1 Å². The van der Waals surface area contributed by atoms with Gasteiger partial charge in [0.15, 0.2) is 18.0 Å². The van der Waals surface area contributed by atoms with Gasteiger partial charge in [0.05, 0.1) is 0 Å². The summed E-state index contributed by atoms with van der Waals surface area (Å²) in [5.74, 6) is -3.77. The van der Waals surface area contributed by atoms with Crippen LogP contribution in [0.1, 0.15) is 20.3 Å². The van der Waals surface area contributed by atoms with E-state index in [-0.39, 0.29) is 0 Å². The maximum absolute atomic E-state index is 10.7. The Morgan fingerprint density at radius 3 is 1.79 bits per heavy atom. The number of carboxylic acids is 2. The van der Waals surface area contributed by atoms with Crippen LogP contribution in [0.25, 0.3) is 0 Å². The minimum absolute atomic E-state index is 0.389. The fraction of sp³-hybridized carbons (Fsp3) is 0.750. The first-order valence-corrected chi connectivity index (χ1v) is 4.21. The molecule has 0 aromatic rings. The zero-order chi connectivity index (χ0) is 10.9. The standard InChI is InChI=1S/C8H12O6/c1-3-8(2)13-4(6(9)10)5(14-8)7(11)12/h4-5H,3H2,1-2H3,(H,9,10)(H,11,12). The molecule has 1 aliphatic heterocycles. The molecule has 0 amide bonds. The van der Waals surface area contributed by atoms with E-state index < -0.39 is 29.9 Å². The number of aliphatic carboxylic acids is 2. The molecule has 0 spiro atoms. The highest BCUT2D eigenvalue weighted by molar-refractivity contribution is 5.84. The number of ether oxygens (including phenoxy) is 2. The van der Waals surface area contributed by atoms with E-state index in [0.717, 1.165) is 0 Å². The van der Waals surface area contributed by atoms with Crippen molar-refractivity contribution in [2.75, 3.05) is 0 Å². The van der Waals surface area contributed by atoms with Crippen molar-refractivity contribution in [3.8, 4) is 0 Å². The summed E-state index contributed by atoms with van der Waals surface area (Å²) in [6.07, 6.45) is -2.48. The molecule has 1 saturated heterocycles. The van der Waals surface area contributed by atoms with Gasteiger partial charge in [-0.05, 0) is 13.3 Å². The monoisotopic (exact) mass is 204 g/mol. The van der Waals surface area contributed by atoms with Crippen molar-refractivity contribution < 1.29 is 29.3 Å². The number of carbonyl (C=O) groups is 2. The molecule has 0 saturated carbocycles. The molecule has 0 aromatic heterocycles. The van der Waals surface area contributed by atoms with Crippen LogP contribution >= 0.6 is 0 Å². The Balaban J connectivity index is 2.85. The Morgan fingerprint density at radius 2 is 1.57 bits per heavy atom. The quantitative estimate of drug-likeness (QED) is 0.675. The molecule has 1 heterocycles. The molecule has 0 bridgehead atoms. The van der Waals surface area contributed by atoms with E-state index in [1.165, 1.54) is 6.92 Å². The highest BCUT2D eigenvalue weighted by Crippen LogP contribution is 2.31. The topological polar surface area (TPSA) is 93.1 Å². The molecule has 2 unspecified atom stereocenters. The zero-order valence-electron chi connectivity index (χ0n) is 7.89. The third-order valence-corrected chi connectivity index (χ3v) is 2.16. The van der Waals surface area contributed by atoms with E-state index in [1.54, 1.807) is 6.92 Å². The lowest BCUT2D eigenvalue weighted by atomic mass is 10.2. The summed E-state index contributed by atoms with van der Waals surface area (Å²) in [7, 11) is 0. The van der Waals surface area contributed by atoms with Crippen molar-refractivity contribution in [3.05, 3.63) is 0 Å². The van der Waals surface area contributed by atoms with E-state index in [2.05, 4.69) is 0 Å². The molecule has 2 atom stereocenters. The molecule has 1 aliphatic rings. The Morgan fingerprint density at radius 1 is 1.21 bits per heavy atom. The lowest BCUT2D eigenvalue weighted by molar-refractivity contribution is -0.178. The van der Waals surface area contributed by atoms with Gasteiger partial charge in [0, 0.05) is 0 Å². The molecular formula is C8H12O6. The molecule has 6 nitrogen and oxygen atoms in total. The summed E-state index contributed by atoms with van der Waals surface area (Å²) in [5, 5.41) is 17.4. The lowest BCUT2D eigenvalue weighted by Gasteiger charge is -2.19. The van der Waals surface area contributed by atoms with Crippen LogP contribution in [-0.4, -0.2) is 40.1 Å². The summed E-state index contributed by atoms with van der Waals surface area (Å²) in [4.78, 5) is 21.3. The van der Waals surface area contributed by atoms with Gasteiger partial charge in [0.25, 0.3) is 0 Å². The molecule has 1 rings (SSSR count). The van der Waals surface area contributed by atoms with Crippen molar-refractivity contribution in [1.82, 2.24) is 0 Å². The number of hydrogen-bond acceptors (Lipinski definition) is 4. The first-order chi connectivity index (χ1) is 6.39. The number of hydrogen-bond donors (Lipinski definition) is 2. The molecule has 0 aromatic carbocycles. The van der Waals surface area contributed by atoms with Crippen LogP contribution in [0.15, 0.2) is 0 Å². The Hall–Kier alpha value is -1.14. The molecule has 6 heteroatoms. The predicted octanol–water partition coefficient (Wildman–Crippen LogP) is 0.0658. The van der Waals surface area contributed by atoms with Gasteiger partial charge < -0.3 is 19.7 Å². The normalized spacial score (nSPS) is 37.0. The Bertz CT molecular complexity index is 239. The zero-order valence-corrected chi connectivity index (χ0v) is 7.89. The van der Waals surface area contributed by atoms with Crippen LogP contribution in [0.4, 0.5) is 0 Å². The summed E-state index contributed by atoms with van der Waals surface area (Å²) in [5.41, 5.74) is 0. The predicted molar refractivity (Wildman–Crippen MR) is 43.7 cm³/mol. The summed E-state index contributed by atoms with van der Waals surface area (Å²) >= 11 is 0. The maximum atomic E-state index is 10.7. The third-order valence-electron chi connectivity index (χ3n) is 2.16. The highest BCUT2D eigenvalue weighted by atomic mass is 16.8. The SMILES string of the molecule is CCC1(C)OC(C(=O)O)C(C(=O)O)O1. The maximum Gasteiger partial charge on any atom is 0.336 e. The highest BCUT2D eigenvalue weighted by Gasteiger charge is 2.50. The molecule has 0 radical (unpaired) electrons. The fourth-order valence-electron chi connectivity index (χ4n) is 1.22. The first-order valence-electron chi connectivity index (χ1n) is 4.21. The molecule has 80 valence electrons. The van der Waals surface area contributed by atoms with Crippen LogP contribution in [0, 0.1) is 0 Å². The van der Waals surface area contributed by atoms with Gasteiger partial charge in [-0.25, -0.2) is 9.59 Å². The summed E-state index contributed by atoms with van der Waals surface area (Å²) < 4.78 is 10.1. The second kappa shape index (κ2) is 3.55. The smallest absolute Gasteiger partial charge is 0.336 e. The van der Waals surface area contributed by atoms with Crippen LogP contribution in [0.5, 0.6) is 0 Å². The van der Waals surface area contributed by atoms with E-state index in [4.69, 9.17) is 19.7 Å². The van der Waals surface area contributed by atoms with E-state index in [9.17, 15) is 9.59 Å². The second-order valence-corrected chi connectivity index (χ2v) is 3.24. The molecule has 2 N–H and O–H groups in total. The van der Waals surface area contributed by atoms with Gasteiger partial charge in [-0.15, -0.1) is 0 Å². The minimum atomic E-state index is -1.43. The van der Waals surface area contributed by atoms with E-state index in [0.29, 0.717) is 6.42 Å². The third kappa shape index (κ3) is 1.85. The van der Waals surface area contributed by atoms with Gasteiger partial charge in [0.2, 0.25) is 0 Å². The number of carboxylic acid groups (broad SMARTS) is 2. The van der Waals surface area contributed by atoms with Gasteiger partial charge in [-0.2, -0.15) is 0 Å². The van der Waals surface area contributed by atoms with Crippen molar-refractivity contribution in [3.63, 3.8) is 0 Å². The van der Waals surface area contributed by atoms with Crippen molar-refractivity contribution in [1.29, 1.82) is 0 Å². The van der Waals surface area contributed by atoms with Crippen molar-refractivity contribution in [2.45, 2.75) is 38.3 Å². The van der Waals surface area contributed by atoms with Gasteiger partial charge >= 0.3 is 11.9 Å². The summed E-state index contributed by atoms with van der Waals surface area (Å²) in [6.45, 7) is 3.25. The molecule has 0 aliphatic carbocycles. The van der Waals surface area contributed by atoms with Crippen molar-refractivity contribution in [2.24, 2.45) is 0 Å². The van der Waals surface area contributed by atoms with Crippen LogP contribution in [0.3, 0.4) is 0 Å². The van der Waals surface area contributed by atoms with Gasteiger partial charge in [-0.3, -0.25) is 0 Å². The Kier molecular flexibility index (Phi) is 2.77. The summed E-state index contributed by atoms with van der Waals surface area (Å²) in [6, 6.07) is 0. The van der Waals surface area contributed by atoms with Crippen molar-refractivity contribution >= 4 is 11.9 Å².